The number of hydrogen-bond acceptors (Lipinski definition) is 3. The van der Waals surface area contributed by atoms with Crippen molar-refractivity contribution in [2.75, 3.05) is 22.4 Å². The van der Waals surface area contributed by atoms with E-state index in [4.69, 9.17) is 11.6 Å². The summed E-state index contributed by atoms with van der Waals surface area (Å²) in [6.45, 7) is -0.107. The summed E-state index contributed by atoms with van der Waals surface area (Å²) >= 11 is 5.59. The van der Waals surface area contributed by atoms with Gasteiger partial charge in [0.05, 0.1) is 23.2 Å². The predicted molar refractivity (Wildman–Crippen MR) is 103 cm³/mol. The maximum absolute atomic E-state index is 13.1. The molecule has 0 aliphatic heterocycles. The van der Waals surface area contributed by atoms with Gasteiger partial charge in [-0.15, -0.1) is 0 Å². The van der Waals surface area contributed by atoms with Gasteiger partial charge in [0.15, 0.2) is 0 Å². The van der Waals surface area contributed by atoms with Gasteiger partial charge in [0.1, 0.15) is 5.82 Å². The fourth-order valence-corrected chi connectivity index (χ4v) is 3.69. The number of anilines is 2. The Hall–Kier alpha value is -2.33. The largest absolute Gasteiger partial charge is 0.418 e. The van der Waals surface area contributed by atoms with E-state index in [1.807, 2.05) is 0 Å². The number of nitrogens with zero attached hydrogens (tertiary/aromatic N) is 1. The Morgan fingerprint density at radius 3 is 2.31 bits per heavy atom. The van der Waals surface area contributed by atoms with E-state index < -0.39 is 39.2 Å². The van der Waals surface area contributed by atoms with Crippen LogP contribution in [0.1, 0.15) is 18.4 Å². The molecule has 0 fully saturated rings. The number of amides is 1. The highest BCUT2D eigenvalue weighted by molar-refractivity contribution is 7.92. The summed E-state index contributed by atoms with van der Waals surface area (Å²) in [5, 5.41) is 2.04. The number of sulfonamides is 1. The van der Waals surface area contributed by atoms with Gasteiger partial charge in [-0.25, -0.2) is 12.8 Å². The van der Waals surface area contributed by atoms with Crippen LogP contribution in [0.2, 0.25) is 5.02 Å². The first-order valence-corrected chi connectivity index (χ1v) is 10.5. The maximum Gasteiger partial charge on any atom is 0.418 e. The van der Waals surface area contributed by atoms with Crippen molar-refractivity contribution in [2.45, 2.75) is 19.0 Å². The van der Waals surface area contributed by atoms with E-state index in [1.165, 1.54) is 18.2 Å². The molecule has 0 aromatic heterocycles. The molecule has 2 aromatic rings. The van der Waals surface area contributed by atoms with Crippen molar-refractivity contribution < 1.29 is 30.8 Å². The van der Waals surface area contributed by atoms with Crippen LogP contribution >= 0.6 is 11.6 Å². The van der Waals surface area contributed by atoms with Crippen LogP contribution in [-0.2, 0) is 21.0 Å². The lowest BCUT2D eigenvalue weighted by molar-refractivity contribution is -0.137. The van der Waals surface area contributed by atoms with Crippen molar-refractivity contribution >= 4 is 38.9 Å². The standard InChI is InChI=1S/C18H17ClF4N2O3S/c1-29(27,28)25(14-7-5-13(20)6-8-14)10-2-3-17(26)24-16-9-4-12(19)11-15(16)18(21,22)23/h4-9,11H,2-3,10H2,1H3,(H,24,26). The smallest absolute Gasteiger partial charge is 0.326 e. The number of halogens is 5. The maximum atomic E-state index is 13.1. The van der Waals surface area contributed by atoms with Crippen LogP contribution in [0.15, 0.2) is 42.5 Å². The molecule has 0 aliphatic rings. The molecule has 0 saturated heterocycles. The summed E-state index contributed by atoms with van der Waals surface area (Å²) in [5.74, 6) is -1.25. The third-order valence-corrected chi connectivity index (χ3v) is 5.27. The number of nitrogens with one attached hydrogen (secondary N) is 1. The summed E-state index contributed by atoms with van der Waals surface area (Å²) in [6, 6.07) is 7.71. The average Bonchev–Trinajstić information content (AvgIpc) is 2.59. The van der Waals surface area contributed by atoms with Gasteiger partial charge in [-0.05, 0) is 48.9 Å². The summed E-state index contributed by atoms with van der Waals surface area (Å²) in [5.41, 5.74) is -1.31. The molecule has 0 heterocycles. The van der Waals surface area contributed by atoms with Crippen molar-refractivity contribution in [3.05, 3.63) is 58.9 Å². The Bertz CT molecular complexity index is 980. The first-order chi connectivity index (χ1) is 13.4. The second-order valence-electron chi connectivity index (χ2n) is 6.15. The molecule has 0 bridgehead atoms. The Morgan fingerprint density at radius 1 is 1.14 bits per heavy atom. The van der Waals surface area contributed by atoms with Crippen molar-refractivity contribution in [3.8, 4) is 0 Å². The summed E-state index contributed by atoms with van der Waals surface area (Å²) in [6.07, 6.45) is -3.94. The van der Waals surface area contributed by atoms with Crippen molar-refractivity contribution in [1.29, 1.82) is 0 Å². The number of carbonyl (C=O) groups excluding carboxylic acids is 1. The van der Waals surface area contributed by atoms with Gasteiger partial charge in [0.25, 0.3) is 0 Å². The lowest BCUT2D eigenvalue weighted by Gasteiger charge is -2.22. The highest BCUT2D eigenvalue weighted by Gasteiger charge is 2.34. The molecule has 1 N–H and O–H groups in total. The zero-order valence-corrected chi connectivity index (χ0v) is 16.7. The van der Waals surface area contributed by atoms with E-state index in [1.54, 1.807) is 0 Å². The van der Waals surface area contributed by atoms with E-state index in [0.29, 0.717) is 6.07 Å². The number of hydrogen-bond donors (Lipinski definition) is 1. The van der Waals surface area contributed by atoms with Gasteiger partial charge in [-0.1, -0.05) is 11.6 Å². The van der Waals surface area contributed by atoms with Crippen LogP contribution < -0.4 is 9.62 Å². The molecule has 2 rings (SSSR count). The number of rotatable bonds is 7. The SMILES string of the molecule is CS(=O)(=O)N(CCCC(=O)Nc1ccc(Cl)cc1C(F)(F)F)c1ccc(F)cc1. The van der Waals surface area contributed by atoms with Crippen LogP contribution in [0, 0.1) is 5.82 Å². The molecule has 2 aromatic carbocycles. The second-order valence-corrected chi connectivity index (χ2v) is 8.49. The highest BCUT2D eigenvalue weighted by atomic mass is 35.5. The minimum atomic E-state index is -4.71. The molecule has 5 nitrogen and oxygen atoms in total. The molecule has 11 heteroatoms. The van der Waals surface area contributed by atoms with Gasteiger partial charge in [-0.3, -0.25) is 9.10 Å². The fraction of sp³-hybridized carbons (Fsp3) is 0.278. The predicted octanol–water partition coefficient (Wildman–Crippen LogP) is 4.68. The fourth-order valence-electron chi connectivity index (χ4n) is 2.55. The zero-order chi connectivity index (χ0) is 21.8. The van der Waals surface area contributed by atoms with Crippen molar-refractivity contribution in [3.63, 3.8) is 0 Å². The molecule has 29 heavy (non-hydrogen) atoms. The first-order valence-electron chi connectivity index (χ1n) is 8.28. The van der Waals surface area contributed by atoms with Crippen LogP contribution in [-0.4, -0.2) is 27.1 Å². The molecule has 0 unspecified atom stereocenters. The zero-order valence-electron chi connectivity index (χ0n) is 15.1. The summed E-state index contributed by atoms with van der Waals surface area (Å²) in [7, 11) is -3.70. The molecule has 0 atom stereocenters. The summed E-state index contributed by atoms with van der Waals surface area (Å²) < 4.78 is 77.2. The molecule has 0 aliphatic carbocycles. The van der Waals surface area contributed by atoms with Crippen LogP contribution in [0.25, 0.3) is 0 Å². The average molecular weight is 453 g/mol. The minimum Gasteiger partial charge on any atom is -0.326 e. The summed E-state index contributed by atoms with van der Waals surface area (Å²) in [4.78, 5) is 12.1. The van der Waals surface area contributed by atoms with Crippen LogP contribution in [0.3, 0.4) is 0 Å². The second kappa shape index (κ2) is 9.00. The molecular formula is C18H17ClF4N2O3S. The molecular weight excluding hydrogens is 436 g/mol. The monoisotopic (exact) mass is 452 g/mol. The quantitative estimate of drug-likeness (QED) is 0.620. The minimum absolute atomic E-state index is 0.0330. The first kappa shape index (κ1) is 23.0. The number of carbonyl (C=O) groups is 1. The lowest BCUT2D eigenvalue weighted by atomic mass is 10.1. The van der Waals surface area contributed by atoms with Crippen LogP contribution in [0.5, 0.6) is 0 Å². The van der Waals surface area contributed by atoms with Gasteiger partial charge in [-0.2, -0.15) is 13.2 Å². The van der Waals surface area contributed by atoms with Crippen LogP contribution in [0.4, 0.5) is 28.9 Å². The van der Waals surface area contributed by atoms with E-state index in [-0.39, 0.29) is 30.1 Å². The van der Waals surface area contributed by atoms with Gasteiger partial charge < -0.3 is 5.32 Å². The molecule has 0 saturated carbocycles. The Balaban J connectivity index is 2.04. The van der Waals surface area contributed by atoms with E-state index in [0.717, 1.165) is 28.8 Å². The van der Waals surface area contributed by atoms with E-state index >= 15 is 0 Å². The van der Waals surface area contributed by atoms with Crippen molar-refractivity contribution in [1.82, 2.24) is 0 Å². The normalized spacial score (nSPS) is 11.9. The van der Waals surface area contributed by atoms with E-state index in [2.05, 4.69) is 5.32 Å². The Morgan fingerprint density at radius 2 is 1.76 bits per heavy atom. The van der Waals surface area contributed by atoms with Gasteiger partial charge in [0, 0.05) is 18.0 Å². The number of benzene rings is 2. The van der Waals surface area contributed by atoms with Gasteiger partial charge >= 0.3 is 6.18 Å². The van der Waals surface area contributed by atoms with Gasteiger partial charge in [0.2, 0.25) is 15.9 Å². The molecule has 0 radical (unpaired) electrons. The molecule has 1 amide bonds. The third-order valence-electron chi connectivity index (χ3n) is 3.84. The molecule has 0 spiro atoms. The highest BCUT2D eigenvalue weighted by Crippen LogP contribution is 2.36. The third kappa shape index (κ3) is 6.60. The lowest BCUT2D eigenvalue weighted by Crippen LogP contribution is -2.31. The Labute approximate surface area is 170 Å². The molecule has 158 valence electrons. The topological polar surface area (TPSA) is 66.5 Å². The number of alkyl halides is 3. The van der Waals surface area contributed by atoms with Crippen molar-refractivity contribution in [2.24, 2.45) is 0 Å². The Kier molecular flexibility index (Phi) is 7.12. The van der Waals surface area contributed by atoms with E-state index in [9.17, 15) is 30.8 Å².